The molecule has 2 rings (SSSR count). The summed E-state index contributed by atoms with van der Waals surface area (Å²) in [5.41, 5.74) is 1.99. The van der Waals surface area contributed by atoms with Crippen LogP contribution in [0, 0.1) is 0 Å². The van der Waals surface area contributed by atoms with Crippen LogP contribution in [0.15, 0.2) is 71.7 Å². The molecule has 0 aliphatic heterocycles. The van der Waals surface area contributed by atoms with E-state index in [1.165, 1.54) is 6.21 Å². The van der Waals surface area contributed by atoms with Gasteiger partial charge in [-0.05, 0) is 17.2 Å². The quantitative estimate of drug-likeness (QED) is 0.780. The maximum Gasteiger partial charge on any atom is 0.433 e. The van der Waals surface area contributed by atoms with Crippen LogP contribution in [-0.4, -0.2) is 12.3 Å². The summed E-state index contributed by atoms with van der Waals surface area (Å²) < 4.78 is 5.01. The summed E-state index contributed by atoms with van der Waals surface area (Å²) in [5.74, 6) is 0. The Morgan fingerprint density at radius 1 is 1.00 bits per heavy atom. The Balaban J connectivity index is 1.77. The molecule has 0 radical (unpaired) electrons. The van der Waals surface area contributed by atoms with Gasteiger partial charge in [-0.15, -0.1) is 0 Å². The first-order valence-electron chi connectivity index (χ1n) is 6.31. The molecule has 3 heteroatoms. The van der Waals surface area contributed by atoms with E-state index in [2.05, 4.69) is 4.99 Å². The molecule has 2 aromatic carbocycles. The SMILES string of the molecule is O=C(N=C/C=C/c1ccccc1)OCc1ccccc1. The van der Waals surface area contributed by atoms with E-state index in [0.717, 1.165) is 11.1 Å². The molecule has 0 aromatic heterocycles. The van der Waals surface area contributed by atoms with Gasteiger partial charge in [0.05, 0.1) is 0 Å². The Kier molecular flexibility index (Phi) is 5.28. The van der Waals surface area contributed by atoms with Crippen molar-refractivity contribution in [2.45, 2.75) is 6.61 Å². The fourth-order valence-electron chi connectivity index (χ4n) is 1.58. The van der Waals surface area contributed by atoms with Crippen molar-refractivity contribution in [3.8, 4) is 0 Å². The number of hydrogen-bond acceptors (Lipinski definition) is 2. The van der Waals surface area contributed by atoms with Crippen LogP contribution in [0.4, 0.5) is 4.79 Å². The highest BCUT2D eigenvalue weighted by molar-refractivity contribution is 5.87. The van der Waals surface area contributed by atoms with Crippen LogP contribution >= 0.6 is 0 Å². The number of allylic oxidation sites excluding steroid dienone is 1. The number of ether oxygens (including phenoxy) is 1. The molecule has 0 saturated carbocycles. The number of rotatable bonds is 4. The van der Waals surface area contributed by atoms with Crippen LogP contribution in [0.3, 0.4) is 0 Å². The molecule has 0 unspecified atom stereocenters. The largest absolute Gasteiger partial charge is 0.443 e. The number of carbonyl (C=O) groups is 1. The maximum atomic E-state index is 11.4. The van der Waals surface area contributed by atoms with Crippen molar-refractivity contribution in [2.75, 3.05) is 0 Å². The van der Waals surface area contributed by atoms with E-state index >= 15 is 0 Å². The topological polar surface area (TPSA) is 38.7 Å². The third kappa shape index (κ3) is 4.90. The minimum atomic E-state index is -0.591. The lowest BCUT2D eigenvalue weighted by molar-refractivity contribution is 0.151. The van der Waals surface area contributed by atoms with Crippen molar-refractivity contribution in [3.63, 3.8) is 0 Å². The van der Waals surface area contributed by atoms with Crippen molar-refractivity contribution < 1.29 is 9.53 Å². The Morgan fingerprint density at radius 2 is 1.65 bits per heavy atom. The van der Waals surface area contributed by atoms with E-state index < -0.39 is 6.09 Å². The zero-order valence-electron chi connectivity index (χ0n) is 11.0. The van der Waals surface area contributed by atoms with Gasteiger partial charge >= 0.3 is 6.09 Å². The van der Waals surface area contributed by atoms with Crippen LogP contribution in [0.1, 0.15) is 11.1 Å². The standard InChI is InChI=1S/C17H15NO2/c19-17(20-14-16-10-5-2-6-11-16)18-13-7-12-15-8-3-1-4-9-15/h1-13H,14H2/b12-7+,18-13?. The molecule has 1 amide bonds. The zero-order chi connectivity index (χ0) is 14.0. The number of hydrogen-bond donors (Lipinski definition) is 0. The van der Waals surface area contributed by atoms with E-state index in [-0.39, 0.29) is 6.61 Å². The Labute approximate surface area is 118 Å². The van der Waals surface area contributed by atoms with E-state index in [4.69, 9.17) is 4.74 Å². The summed E-state index contributed by atoms with van der Waals surface area (Å²) in [6.07, 6.45) is 4.42. The highest BCUT2D eigenvalue weighted by Gasteiger charge is 1.98. The number of amides is 1. The molecule has 0 N–H and O–H groups in total. The summed E-state index contributed by atoms with van der Waals surface area (Å²) in [4.78, 5) is 15.1. The first-order chi connectivity index (χ1) is 9.84. The third-order valence-corrected chi connectivity index (χ3v) is 2.56. The van der Waals surface area contributed by atoms with Crippen LogP contribution in [0.25, 0.3) is 6.08 Å². The second-order valence-corrected chi connectivity index (χ2v) is 4.09. The molecule has 0 heterocycles. The van der Waals surface area contributed by atoms with Gasteiger partial charge in [0, 0.05) is 6.21 Å². The summed E-state index contributed by atoms with van der Waals surface area (Å²) >= 11 is 0. The lowest BCUT2D eigenvalue weighted by Gasteiger charge is -2.00. The molecule has 20 heavy (non-hydrogen) atoms. The predicted octanol–water partition coefficient (Wildman–Crippen LogP) is 4.11. The summed E-state index contributed by atoms with van der Waals surface area (Å²) in [6.45, 7) is 0.236. The molecular formula is C17H15NO2. The number of aliphatic imine (C=N–C) groups is 1. The fourth-order valence-corrected chi connectivity index (χ4v) is 1.58. The van der Waals surface area contributed by atoms with E-state index in [1.807, 2.05) is 66.7 Å². The maximum absolute atomic E-state index is 11.4. The minimum Gasteiger partial charge on any atom is -0.443 e. The van der Waals surface area contributed by atoms with Gasteiger partial charge in [-0.2, -0.15) is 4.99 Å². The number of benzene rings is 2. The highest BCUT2D eigenvalue weighted by atomic mass is 16.5. The normalized spacial score (nSPS) is 11.0. The van der Waals surface area contributed by atoms with Gasteiger partial charge < -0.3 is 4.74 Å². The van der Waals surface area contributed by atoms with Gasteiger partial charge in [-0.1, -0.05) is 66.7 Å². The average Bonchev–Trinajstić information content (AvgIpc) is 2.52. The number of nitrogens with zero attached hydrogens (tertiary/aromatic N) is 1. The van der Waals surface area contributed by atoms with Crippen LogP contribution < -0.4 is 0 Å². The van der Waals surface area contributed by atoms with E-state index in [0.29, 0.717) is 0 Å². The monoisotopic (exact) mass is 265 g/mol. The van der Waals surface area contributed by atoms with Crippen molar-refractivity contribution >= 4 is 18.4 Å². The predicted molar refractivity (Wildman–Crippen MR) is 80.6 cm³/mol. The molecule has 0 saturated heterocycles. The molecule has 2 aromatic rings. The van der Waals surface area contributed by atoms with Crippen molar-refractivity contribution in [1.82, 2.24) is 0 Å². The molecule has 0 aliphatic carbocycles. The Morgan fingerprint density at radius 3 is 2.35 bits per heavy atom. The molecule has 0 aliphatic rings. The second kappa shape index (κ2) is 7.69. The van der Waals surface area contributed by atoms with Gasteiger partial charge in [-0.25, -0.2) is 4.79 Å². The molecule has 0 fully saturated rings. The molecule has 0 atom stereocenters. The molecule has 3 nitrogen and oxygen atoms in total. The number of carbonyl (C=O) groups excluding carboxylic acids is 1. The second-order valence-electron chi connectivity index (χ2n) is 4.09. The highest BCUT2D eigenvalue weighted by Crippen LogP contribution is 2.02. The summed E-state index contributed by atoms with van der Waals surface area (Å²) in [6, 6.07) is 19.3. The molecule has 0 bridgehead atoms. The van der Waals surface area contributed by atoms with Crippen LogP contribution in [0.2, 0.25) is 0 Å². The third-order valence-electron chi connectivity index (χ3n) is 2.56. The zero-order valence-corrected chi connectivity index (χ0v) is 11.0. The van der Waals surface area contributed by atoms with Crippen molar-refractivity contribution in [3.05, 3.63) is 77.9 Å². The fraction of sp³-hybridized carbons (Fsp3) is 0.0588. The minimum absolute atomic E-state index is 0.236. The molecule has 0 spiro atoms. The van der Waals surface area contributed by atoms with Crippen LogP contribution in [0.5, 0.6) is 0 Å². The summed E-state index contributed by atoms with van der Waals surface area (Å²) in [7, 11) is 0. The first kappa shape index (κ1) is 13.7. The molecular weight excluding hydrogens is 250 g/mol. The van der Waals surface area contributed by atoms with Gasteiger partial charge in [-0.3, -0.25) is 0 Å². The van der Waals surface area contributed by atoms with Crippen molar-refractivity contribution in [1.29, 1.82) is 0 Å². The van der Waals surface area contributed by atoms with Crippen molar-refractivity contribution in [2.24, 2.45) is 4.99 Å². The smallest absolute Gasteiger partial charge is 0.433 e. The van der Waals surface area contributed by atoms with E-state index in [9.17, 15) is 4.79 Å². The van der Waals surface area contributed by atoms with Gasteiger partial charge in [0.2, 0.25) is 0 Å². The lowest BCUT2D eigenvalue weighted by Crippen LogP contribution is -1.98. The van der Waals surface area contributed by atoms with Gasteiger partial charge in [0.15, 0.2) is 0 Å². The Bertz CT molecular complexity index is 589. The molecule has 100 valence electrons. The average molecular weight is 265 g/mol. The van der Waals surface area contributed by atoms with E-state index in [1.54, 1.807) is 6.08 Å². The van der Waals surface area contributed by atoms with Gasteiger partial charge in [0.25, 0.3) is 0 Å². The van der Waals surface area contributed by atoms with Crippen LogP contribution in [-0.2, 0) is 11.3 Å². The first-order valence-corrected chi connectivity index (χ1v) is 6.31. The summed E-state index contributed by atoms with van der Waals surface area (Å²) in [5, 5.41) is 0. The lowest BCUT2D eigenvalue weighted by atomic mass is 10.2. The van der Waals surface area contributed by atoms with Gasteiger partial charge in [0.1, 0.15) is 6.61 Å². The Hall–Kier alpha value is -2.68.